The molecule has 5 nitrogen and oxygen atoms in total. The van der Waals surface area contributed by atoms with Crippen molar-refractivity contribution in [3.05, 3.63) is 59.9 Å². The Hall–Kier alpha value is -2.54. The van der Waals surface area contributed by atoms with E-state index in [1.54, 1.807) is 12.1 Å². The van der Waals surface area contributed by atoms with Crippen molar-refractivity contribution in [2.24, 2.45) is 0 Å². The number of hydrogen-bond acceptors (Lipinski definition) is 4. The summed E-state index contributed by atoms with van der Waals surface area (Å²) < 4.78 is 33.0. The normalized spacial score (nSPS) is 11.3. The maximum Gasteiger partial charge on any atom is 0.140 e. The summed E-state index contributed by atoms with van der Waals surface area (Å²) in [5, 5.41) is 6.54. The smallest absolute Gasteiger partial charge is 0.140 e. The average molecular weight is 304 g/mol. The Kier molecular flexibility index (Phi) is 3.97. The lowest BCUT2D eigenvalue weighted by molar-refractivity contribution is 0.283. The molecule has 0 spiro atoms. The van der Waals surface area contributed by atoms with E-state index in [4.69, 9.17) is 4.42 Å². The zero-order chi connectivity index (χ0) is 15.5. The molecule has 2 aromatic heterocycles. The minimum absolute atomic E-state index is 0.147. The van der Waals surface area contributed by atoms with Crippen molar-refractivity contribution in [3.63, 3.8) is 0 Å². The van der Waals surface area contributed by atoms with E-state index in [1.165, 1.54) is 24.5 Å². The van der Waals surface area contributed by atoms with Crippen LogP contribution in [0.4, 0.5) is 8.78 Å². The molecule has 3 rings (SSSR count). The summed E-state index contributed by atoms with van der Waals surface area (Å²) in [4.78, 5) is 5.98. The fourth-order valence-electron chi connectivity index (χ4n) is 2.22. The molecule has 0 aliphatic rings. The van der Waals surface area contributed by atoms with Crippen LogP contribution < -0.4 is 0 Å². The largest absolute Gasteiger partial charge is 0.460 e. The highest BCUT2D eigenvalue weighted by atomic mass is 19.1. The van der Waals surface area contributed by atoms with Gasteiger partial charge in [0.2, 0.25) is 0 Å². The standard InChI is InChI=1S/C15H14F2N4O/c1-21(8-14-18-9-19-20-14)7-10-5-6-13(22-10)15-11(16)3-2-4-12(15)17/h2-6,9H,7-8H2,1H3,(H,18,19,20). The van der Waals surface area contributed by atoms with Crippen LogP contribution in [0.25, 0.3) is 11.3 Å². The third-order valence-electron chi connectivity index (χ3n) is 3.18. The van der Waals surface area contributed by atoms with Gasteiger partial charge in [-0.2, -0.15) is 5.10 Å². The molecular weight excluding hydrogens is 290 g/mol. The number of nitrogens with one attached hydrogen (secondary N) is 1. The van der Waals surface area contributed by atoms with Crippen molar-refractivity contribution in [1.29, 1.82) is 0 Å². The average Bonchev–Trinajstić information content (AvgIpc) is 3.11. The van der Waals surface area contributed by atoms with Crippen molar-refractivity contribution in [2.75, 3.05) is 7.05 Å². The lowest BCUT2D eigenvalue weighted by Crippen LogP contribution is -2.17. The van der Waals surface area contributed by atoms with Crippen molar-refractivity contribution < 1.29 is 13.2 Å². The monoisotopic (exact) mass is 304 g/mol. The number of hydrogen-bond donors (Lipinski definition) is 1. The van der Waals surface area contributed by atoms with Crippen LogP contribution >= 0.6 is 0 Å². The molecule has 114 valence electrons. The number of H-pyrrole nitrogens is 1. The van der Waals surface area contributed by atoms with Crippen LogP contribution in [0, 0.1) is 11.6 Å². The van der Waals surface area contributed by atoms with Crippen LogP contribution in [0.15, 0.2) is 41.1 Å². The fraction of sp³-hybridized carbons (Fsp3) is 0.200. The van der Waals surface area contributed by atoms with Gasteiger partial charge in [-0.3, -0.25) is 10.00 Å². The number of rotatable bonds is 5. The molecule has 1 N–H and O–H groups in total. The minimum Gasteiger partial charge on any atom is -0.460 e. The Bertz CT molecular complexity index is 735. The summed E-state index contributed by atoms with van der Waals surface area (Å²) in [6, 6.07) is 7.01. The molecule has 0 aliphatic carbocycles. The predicted molar refractivity (Wildman–Crippen MR) is 75.6 cm³/mol. The third-order valence-corrected chi connectivity index (χ3v) is 3.18. The highest BCUT2D eigenvalue weighted by molar-refractivity contribution is 5.59. The topological polar surface area (TPSA) is 58.0 Å². The number of benzene rings is 1. The molecule has 0 amide bonds. The van der Waals surface area contributed by atoms with Gasteiger partial charge >= 0.3 is 0 Å². The Morgan fingerprint density at radius 1 is 1.14 bits per heavy atom. The lowest BCUT2D eigenvalue weighted by atomic mass is 10.1. The van der Waals surface area contributed by atoms with Crippen LogP contribution in [0.3, 0.4) is 0 Å². The van der Waals surface area contributed by atoms with Gasteiger partial charge in [-0.05, 0) is 31.3 Å². The molecule has 0 atom stereocenters. The van der Waals surface area contributed by atoms with Crippen molar-refractivity contribution in [2.45, 2.75) is 13.1 Å². The fourth-order valence-corrected chi connectivity index (χ4v) is 2.22. The highest BCUT2D eigenvalue weighted by Gasteiger charge is 2.15. The molecule has 0 radical (unpaired) electrons. The van der Waals surface area contributed by atoms with Crippen molar-refractivity contribution >= 4 is 0 Å². The highest BCUT2D eigenvalue weighted by Crippen LogP contribution is 2.28. The van der Waals surface area contributed by atoms with E-state index >= 15 is 0 Å². The van der Waals surface area contributed by atoms with E-state index in [-0.39, 0.29) is 11.3 Å². The summed E-state index contributed by atoms with van der Waals surface area (Å²) in [5.74, 6) is 0.236. The summed E-state index contributed by atoms with van der Waals surface area (Å²) in [6.07, 6.45) is 1.44. The quantitative estimate of drug-likeness (QED) is 0.787. The summed E-state index contributed by atoms with van der Waals surface area (Å²) in [6.45, 7) is 1.04. The predicted octanol–water partition coefficient (Wildman–Crippen LogP) is 2.97. The van der Waals surface area contributed by atoms with Gasteiger partial charge in [-0.1, -0.05) is 6.07 Å². The molecule has 0 bridgehead atoms. The van der Waals surface area contributed by atoms with E-state index in [2.05, 4.69) is 15.2 Å². The van der Waals surface area contributed by atoms with Gasteiger partial charge in [0.25, 0.3) is 0 Å². The molecule has 22 heavy (non-hydrogen) atoms. The Balaban J connectivity index is 1.74. The molecule has 0 saturated heterocycles. The summed E-state index contributed by atoms with van der Waals surface area (Å²) in [7, 11) is 1.88. The van der Waals surface area contributed by atoms with Crippen LogP contribution in [0.2, 0.25) is 0 Å². The Morgan fingerprint density at radius 2 is 1.91 bits per heavy atom. The van der Waals surface area contributed by atoms with Crippen molar-refractivity contribution in [3.8, 4) is 11.3 Å². The van der Waals surface area contributed by atoms with E-state index in [9.17, 15) is 8.78 Å². The number of nitrogens with zero attached hydrogens (tertiary/aromatic N) is 3. The third kappa shape index (κ3) is 3.04. The Labute approximate surface area is 125 Å². The van der Waals surface area contributed by atoms with Crippen LogP contribution in [0.1, 0.15) is 11.6 Å². The summed E-state index contributed by atoms with van der Waals surface area (Å²) >= 11 is 0. The number of furan rings is 1. The van der Waals surface area contributed by atoms with Crippen LogP contribution in [0.5, 0.6) is 0 Å². The van der Waals surface area contributed by atoms with Crippen molar-refractivity contribution in [1.82, 2.24) is 20.1 Å². The first-order valence-electron chi connectivity index (χ1n) is 6.69. The van der Waals surface area contributed by atoms with E-state index in [1.807, 2.05) is 11.9 Å². The Morgan fingerprint density at radius 3 is 2.59 bits per heavy atom. The first-order valence-corrected chi connectivity index (χ1v) is 6.69. The van der Waals surface area contributed by atoms with E-state index < -0.39 is 11.6 Å². The molecule has 0 aliphatic heterocycles. The maximum atomic E-state index is 13.7. The second-order valence-electron chi connectivity index (χ2n) is 4.97. The van der Waals surface area contributed by atoms with Gasteiger partial charge in [0.05, 0.1) is 18.7 Å². The number of aromatic nitrogens is 3. The van der Waals surface area contributed by atoms with Crippen LogP contribution in [-0.2, 0) is 13.1 Å². The second kappa shape index (κ2) is 6.07. The molecule has 2 heterocycles. The molecule has 0 fully saturated rings. The van der Waals surface area contributed by atoms with E-state index in [0.29, 0.717) is 18.8 Å². The van der Waals surface area contributed by atoms with Gasteiger partial charge < -0.3 is 4.42 Å². The maximum absolute atomic E-state index is 13.7. The minimum atomic E-state index is -0.643. The lowest BCUT2D eigenvalue weighted by Gasteiger charge is -2.12. The second-order valence-corrected chi connectivity index (χ2v) is 4.97. The summed E-state index contributed by atoms with van der Waals surface area (Å²) in [5.41, 5.74) is -0.147. The zero-order valence-electron chi connectivity index (χ0n) is 11.9. The van der Waals surface area contributed by atoms with Gasteiger partial charge in [0.1, 0.15) is 35.3 Å². The molecule has 3 aromatic rings. The SMILES string of the molecule is CN(Cc1ncn[nH]1)Cc1ccc(-c2c(F)cccc2F)o1. The first-order chi connectivity index (χ1) is 10.6. The molecule has 7 heteroatoms. The number of halogens is 2. The van der Waals surface area contributed by atoms with E-state index in [0.717, 1.165) is 5.82 Å². The molecule has 0 unspecified atom stereocenters. The van der Waals surface area contributed by atoms with Gasteiger partial charge in [-0.25, -0.2) is 13.8 Å². The molecular formula is C15H14F2N4O. The van der Waals surface area contributed by atoms with Gasteiger partial charge in [-0.15, -0.1) is 0 Å². The first kappa shape index (κ1) is 14.4. The molecule has 0 saturated carbocycles. The molecule has 1 aromatic carbocycles. The zero-order valence-corrected chi connectivity index (χ0v) is 11.9. The van der Waals surface area contributed by atoms with Gasteiger partial charge in [0, 0.05) is 0 Å². The number of aromatic amines is 1. The van der Waals surface area contributed by atoms with Gasteiger partial charge in [0.15, 0.2) is 0 Å². The van der Waals surface area contributed by atoms with Crippen LogP contribution in [-0.4, -0.2) is 27.1 Å².